The summed E-state index contributed by atoms with van der Waals surface area (Å²) in [6.45, 7) is 21.8. The first-order valence-corrected chi connectivity index (χ1v) is 8.04. The molecule has 0 saturated heterocycles. The maximum atomic E-state index is 4.40. The number of rotatable bonds is 2. The summed E-state index contributed by atoms with van der Waals surface area (Å²) >= 11 is 0. The van der Waals surface area contributed by atoms with Gasteiger partial charge in [0.2, 0.25) is 0 Å². The topological polar surface area (TPSA) is 12.9 Å². The maximum Gasteiger partial charge on any atom is 0.0463 e. The molecule has 0 aliphatic carbocycles. The van der Waals surface area contributed by atoms with E-state index in [9.17, 15) is 0 Å². The van der Waals surface area contributed by atoms with E-state index in [1.165, 1.54) is 11.3 Å². The molecule has 0 atom stereocenters. The Kier molecular flexibility index (Phi) is 12.8. The lowest BCUT2D eigenvalue weighted by Crippen LogP contribution is -2.00. The summed E-state index contributed by atoms with van der Waals surface area (Å²) in [5.41, 5.74) is 2.63. The highest BCUT2D eigenvalue weighted by Gasteiger charge is 2.09. The molecule has 0 amide bonds. The largest absolute Gasteiger partial charge is 0.261 e. The molecule has 1 heteroatoms. The molecule has 118 valence electrons. The Hall–Kier alpha value is -0.850. The second-order valence-corrected chi connectivity index (χ2v) is 7.25. The predicted molar refractivity (Wildman–Crippen MR) is 93.4 cm³/mol. The van der Waals surface area contributed by atoms with Gasteiger partial charge in [-0.25, -0.2) is 0 Å². The first-order valence-electron chi connectivity index (χ1n) is 8.04. The van der Waals surface area contributed by atoms with Crippen molar-refractivity contribution in [2.24, 2.45) is 11.8 Å². The number of hydrogen-bond donors (Lipinski definition) is 0. The van der Waals surface area contributed by atoms with Gasteiger partial charge in [-0.15, -0.1) is 0 Å². The van der Waals surface area contributed by atoms with Gasteiger partial charge in [-0.1, -0.05) is 75.3 Å². The molecule has 0 unspecified atom stereocenters. The van der Waals surface area contributed by atoms with Gasteiger partial charge in [-0.05, 0) is 35.3 Å². The van der Waals surface area contributed by atoms with Gasteiger partial charge < -0.3 is 0 Å². The molecule has 0 aliphatic rings. The Morgan fingerprint density at radius 2 is 1.10 bits per heavy atom. The fourth-order valence-corrected chi connectivity index (χ4v) is 1.40. The van der Waals surface area contributed by atoms with Crippen molar-refractivity contribution in [2.75, 3.05) is 0 Å². The second-order valence-electron chi connectivity index (χ2n) is 7.25. The first-order chi connectivity index (χ1) is 9.09. The van der Waals surface area contributed by atoms with Crippen molar-refractivity contribution in [2.45, 2.75) is 81.1 Å². The summed E-state index contributed by atoms with van der Waals surface area (Å²) in [6, 6.07) is 4.19. The number of pyridine rings is 1. The smallest absolute Gasteiger partial charge is 0.0463 e. The van der Waals surface area contributed by atoms with Crippen molar-refractivity contribution < 1.29 is 0 Å². The fourth-order valence-electron chi connectivity index (χ4n) is 1.40. The first kappa shape index (κ1) is 21.4. The summed E-state index contributed by atoms with van der Waals surface area (Å²) in [5, 5.41) is 0. The molecule has 0 N–H and O–H groups in total. The van der Waals surface area contributed by atoms with Crippen LogP contribution in [0.25, 0.3) is 0 Å². The van der Waals surface area contributed by atoms with E-state index in [2.05, 4.69) is 80.3 Å². The molecule has 1 heterocycles. The van der Waals surface area contributed by atoms with E-state index in [1.54, 1.807) is 0 Å². The summed E-state index contributed by atoms with van der Waals surface area (Å²) in [4.78, 5) is 4.40. The molecular weight excluding hydrogens is 242 g/mol. The van der Waals surface area contributed by atoms with Gasteiger partial charge in [-0.3, -0.25) is 4.98 Å². The van der Waals surface area contributed by atoms with Crippen LogP contribution in [0.1, 0.15) is 92.3 Å². The zero-order valence-electron chi connectivity index (χ0n) is 15.5. The zero-order chi connectivity index (χ0) is 16.3. The van der Waals surface area contributed by atoms with Crippen molar-refractivity contribution in [1.29, 1.82) is 0 Å². The van der Waals surface area contributed by atoms with Crippen LogP contribution < -0.4 is 0 Å². The Labute approximate surface area is 128 Å². The summed E-state index contributed by atoms with van der Waals surface area (Å²) in [6.07, 6.45) is 1.88. The van der Waals surface area contributed by atoms with Crippen LogP contribution in [0.2, 0.25) is 0 Å². The molecule has 0 aromatic carbocycles. The quantitative estimate of drug-likeness (QED) is 0.590. The SMILES string of the molecule is CC(C)C.CC(C)C.CC(C)c1cccnc1C(C)C. The molecular formula is C19H37N. The van der Waals surface area contributed by atoms with Gasteiger partial charge in [0.1, 0.15) is 0 Å². The van der Waals surface area contributed by atoms with Crippen LogP contribution in [0.15, 0.2) is 18.3 Å². The number of aromatic nitrogens is 1. The Balaban J connectivity index is 0. The Morgan fingerprint density at radius 3 is 1.35 bits per heavy atom. The minimum absolute atomic E-state index is 0.531. The fraction of sp³-hybridized carbons (Fsp3) is 0.737. The highest BCUT2D eigenvalue weighted by Crippen LogP contribution is 2.23. The van der Waals surface area contributed by atoms with Gasteiger partial charge in [0.15, 0.2) is 0 Å². The Morgan fingerprint density at radius 1 is 0.700 bits per heavy atom. The van der Waals surface area contributed by atoms with Crippen LogP contribution >= 0.6 is 0 Å². The van der Waals surface area contributed by atoms with Crippen LogP contribution in [0.4, 0.5) is 0 Å². The summed E-state index contributed by atoms with van der Waals surface area (Å²) < 4.78 is 0. The van der Waals surface area contributed by atoms with Crippen molar-refractivity contribution in [3.63, 3.8) is 0 Å². The van der Waals surface area contributed by atoms with Crippen LogP contribution in [0.3, 0.4) is 0 Å². The zero-order valence-corrected chi connectivity index (χ0v) is 15.5. The van der Waals surface area contributed by atoms with Gasteiger partial charge in [-0.2, -0.15) is 0 Å². The van der Waals surface area contributed by atoms with E-state index < -0.39 is 0 Å². The van der Waals surface area contributed by atoms with Crippen LogP contribution in [-0.4, -0.2) is 4.98 Å². The Bertz CT molecular complexity index is 286. The van der Waals surface area contributed by atoms with Gasteiger partial charge in [0, 0.05) is 11.9 Å². The van der Waals surface area contributed by atoms with Gasteiger partial charge in [0.05, 0.1) is 0 Å². The maximum absolute atomic E-state index is 4.40. The second kappa shape index (κ2) is 11.9. The van der Waals surface area contributed by atoms with Crippen molar-refractivity contribution in [1.82, 2.24) is 4.98 Å². The predicted octanol–water partition coefficient (Wildman–Crippen LogP) is 6.65. The molecule has 20 heavy (non-hydrogen) atoms. The third-order valence-corrected chi connectivity index (χ3v) is 2.04. The van der Waals surface area contributed by atoms with E-state index in [-0.39, 0.29) is 0 Å². The highest BCUT2D eigenvalue weighted by atomic mass is 14.7. The highest BCUT2D eigenvalue weighted by molar-refractivity contribution is 5.25. The minimum Gasteiger partial charge on any atom is -0.261 e. The molecule has 0 bridgehead atoms. The minimum atomic E-state index is 0.531. The van der Waals surface area contributed by atoms with Crippen molar-refractivity contribution in [3.8, 4) is 0 Å². The molecule has 1 rings (SSSR count). The summed E-state index contributed by atoms with van der Waals surface area (Å²) in [5.74, 6) is 2.78. The van der Waals surface area contributed by atoms with E-state index in [0.29, 0.717) is 11.8 Å². The lowest BCUT2D eigenvalue weighted by molar-refractivity contribution is 0.736. The number of hydrogen-bond acceptors (Lipinski definition) is 1. The molecule has 1 nitrogen and oxygen atoms in total. The van der Waals surface area contributed by atoms with E-state index >= 15 is 0 Å². The lowest BCUT2D eigenvalue weighted by atomic mass is 9.96. The average molecular weight is 280 g/mol. The third-order valence-electron chi connectivity index (χ3n) is 2.04. The molecule has 0 aliphatic heterocycles. The van der Waals surface area contributed by atoms with E-state index in [0.717, 1.165) is 11.8 Å². The summed E-state index contributed by atoms with van der Waals surface area (Å²) in [7, 11) is 0. The molecule has 1 aromatic heterocycles. The van der Waals surface area contributed by atoms with Crippen LogP contribution in [-0.2, 0) is 0 Å². The van der Waals surface area contributed by atoms with Crippen LogP contribution in [0.5, 0.6) is 0 Å². The van der Waals surface area contributed by atoms with E-state index in [1.807, 2.05) is 12.3 Å². The molecule has 0 radical (unpaired) electrons. The van der Waals surface area contributed by atoms with E-state index in [4.69, 9.17) is 0 Å². The molecule has 0 fully saturated rings. The molecule has 0 spiro atoms. The number of nitrogens with zero attached hydrogens (tertiary/aromatic N) is 1. The average Bonchev–Trinajstić information content (AvgIpc) is 2.27. The normalized spacial score (nSPS) is 10.3. The molecule has 0 saturated carbocycles. The monoisotopic (exact) mass is 279 g/mol. The standard InChI is InChI=1S/C11H17N.2C4H10/c1-8(2)10-6-5-7-12-11(10)9(3)4;2*1-4(2)3/h5-9H,1-4H3;2*4H,1-3H3. The third kappa shape index (κ3) is 13.6. The van der Waals surface area contributed by atoms with Crippen LogP contribution in [0, 0.1) is 11.8 Å². The van der Waals surface area contributed by atoms with Gasteiger partial charge >= 0.3 is 0 Å². The van der Waals surface area contributed by atoms with Crippen molar-refractivity contribution >= 4 is 0 Å². The van der Waals surface area contributed by atoms with Gasteiger partial charge in [0.25, 0.3) is 0 Å². The van der Waals surface area contributed by atoms with Crippen molar-refractivity contribution in [3.05, 3.63) is 29.6 Å². The molecule has 1 aromatic rings. The lowest BCUT2D eigenvalue weighted by Gasteiger charge is -2.13.